The first-order chi connectivity index (χ1) is 19.5. The summed E-state index contributed by atoms with van der Waals surface area (Å²) in [6, 6.07) is 39.0. The number of furan rings is 1. The molecule has 196 valence electrons. The van der Waals surface area contributed by atoms with Gasteiger partial charge in [0.25, 0.3) is 0 Å². The van der Waals surface area contributed by atoms with Crippen molar-refractivity contribution < 1.29 is 4.42 Å². The molecule has 0 bridgehead atoms. The number of hydrogen-bond donors (Lipinski definition) is 0. The van der Waals surface area contributed by atoms with Crippen molar-refractivity contribution in [2.75, 3.05) is 0 Å². The van der Waals surface area contributed by atoms with E-state index in [1.807, 2.05) is 6.07 Å². The van der Waals surface area contributed by atoms with Crippen LogP contribution in [-0.2, 0) is 0 Å². The van der Waals surface area contributed by atoms with E-state index in [9.17, 15) is 0 Å². The summed E-state index contributed by atoms with van der Waals surface area (Å²) in [7, 11) is 0. The normalized spacial score (nSPS) is 14.8. The Balaban J connectivity index is 1.52. The van der Waals surface area contributed by atoms with Crippen LogP contribution in [0.4, 0.5) is 5.69 Å². The van der Waals surface area contributed by atoms with Crippen LogP contribution in [0.2, 0.25) is 0 Å². The maximum atomic E-state index is 6.53. The van der Waals surface area contributed by atoms with Crippen LogP contribution >= 0.6 is 0 Å². The van der Waals surface area contributed by atoms with Crippen molar-refractivity contribution in [2.24, 2.45) is 4.99 Å². The van der Waals surface area contributed by atoms with E-state index in [4.69, 9.17) is 9.41 Å². The third-order valence-corrected chi connectivity index (χ3v) is 8.33. The SMILES string of the molecule is CC(C)c1cc(-c2ccccc2)cc(C(C)C)c1C1C(c2cccc3c2oc2ccccc23)=Nc2ccccc21. The summed E-state index contributed by atoms with van der Waals surface area (Å²) in [5.41, 5.74) is 13.0. The maximum Gasteiger partial charge on any atom is 0.144 e. The Hall–Kier alpha value is -4.43. The second-order valence-electron chi connectivity index (χ2n) is 11.5. The van der Waals surface area contributed by atoms with Gasteiger partial charge < -0.3 is 4.42 Å². The van der Waals surface area contributed by atoms with Gasteiger partial charge in [-0.2, -0.15) is 0 Å². The highest BCUT2D eigenvalue weighted by atomic mass is 16.3. The van der Waals surface area contributed by atoms with E-state index < -0.39 is 0 Å². The molecule has 0 aliphatic carbocycles. The van der Waals surface area contributed by atoms with Gasteiger partial charge in [0.2, 0.25) is 0 Å². The molecule has 0 N–H and O–H groups in total. The Morgan fingerprint density at radius 3 is 2.02 bits per heavy atom. The molecule has 5 aromatic carbocycles. The molecule has 40 heavy (non-hydrogen) atoms. The Labute approximate surface area is 236 Å². The fraction of sp³-hybridized carbons (Fsp3) is 0.184. The van der Waals surface area contributed by atoms with E-state index in [1.54, 1.807) is 0 Å². The molecule has 7 rings (SSSR count). The molecule has 1 aromatic heterocycles. The largest absolute Gasteiger partial charge is 0.455 e. The van der Waals surface area contributed by atoms with E-state index in [2.05, 4.69) is 131 Å². The molecule has 0 spiro atoms. The number of rotatable bonds is 5. The highest BCUT2D eigenvalue weighted by Crippen LogP contribution is 2.48. The van der Waals surface area contributed by atoms with Gasteiger partial charge in [0, 0.05) is 16.3 Å². The number of hydrogen-bond acceptors (Lipinski definition) is 2. The van der Waals surface area contributed by atoms with Crippen molar-refractivity contribution in [1.29, 1.82) is 0 Å². The minimum Gasteiger partial charge on any atom is -0.455 e. The first-order valence-corrected chi connectivity index (χ1v) is 14.3. The van der Waals surface area contributed by atoms with Gasteiger partial charge in [0.05, 0.1) is 17.3 Å². The van der Waals surface area contributed by atoms with Gasteiger partial charge in [-0.25, -0.2) is 0 Å². The topological polar surface area (TPSA) is 25.5 Å². The molecule has 1 aliphatic rings. The van der Waals surface area contributed by atoms with Crippen LogP contribution in [0, 0.1) is 0 Å². The number of nitrogens with zero attached hydrogens (tertiary/aromatic N) is 1. The van der Waals surface area contributed by atoms with Crippen LogP contribution in [0.5, 0.6) is 0 Å². The molecule has 0 fully saturated rings. The summed E-state index contributed by atoms with van der Waals surface area (Å²) in [4.78, 5) is 5.34. The molecule has 1 aliphatic heterocycles. The molecule has 2 nitrogen and oxygen atoms in total. The molecule has 0 saturated heterocycles. The first kappa shape index (κ1) is 24.6. The van der Waals surface area contributed by atoms with Crippen molar-refractivity contribution in [1.82, 2.24) is 0 Å². The summed E-state index contributed by atoms with van der Waals surface area (Å²) in [5.74, 6) is 0.731. The van der Waals surface area contributed by atoms with Crippen LogP contribution < -0.4 is 0 Å². The molecule has 0 saturated carbocycles. The van der Waals surface area contributed by atoms with Crippen LogP contribution in [0.15, 0.2) is 119 Å². The van der Waals surface area contributed by atoms with Crippen molar-refractivity contribution in [3.05, 3.63) is 137 Å². The lowest BCUT2D eigenvalue weighted by atomic mass is 9.75. The molecule has 6 aromatic rings. The smallest absolute Gasteiger partial charge is 0.144 e. The van der Waals surface area contributed by atoms with Gasteiger partial charge in [0.15, 0.2) is 0 Å². The van der Waals surface area contributed by atoms with Crippen LogP contribution in [0.3, 0.4) is 0 Å². The Morgan fingerprint density at radius 2 is 1.27 bits per heavy atom. The summed E-state index contributed by atoms with van der Waals surface area (Å²) in [6.45, 7) is 9.26. The molecule has 1 unspecified atom stereocenters. The lowest BCUT2D eigenvalue weighted by molar-refractivity contribution is 0.668. The molecule has 0 radical (unpaired) electrons. The van der Waals surface area contributed by atoms with Gasteiger partial charge in [-0.3, -0.25) is 4.99 Å². The minimum absolute atomic E-state index is 0.0228. The van der Waals surface area contributed by atoms with Crippen LogP contribution in [-0.4, -0.2) is 5.71 Å². The Morgan fingerprint density at radius 1 is 0.625 bits per heavy atom. The van der Waals surface area contributed by atoms with E-state index in [1.165, 1.54) is 33.4 Å². The van der Waals surface area contributed by atoms with Crippen molar-refractivity contribution in [2.45, 2.75) is 45.4 Å². The molecule has 1 atom stereocenters. The van der Waals surface area contributed by atoms with Gasteiger partial charge in [0.1, 0.15) is 11.2 Å². The van der Waals surface area contributed by atoms with Crippen LogP contribution in [0.1, 0.15) is 73.3 Å². The van der Waals surface area contributed by atoms with E-state index in [-0.39, 0.29) is 5.92 Å². The second kappa shape index (κ2) is 9.64. The quantitative estimate of drug-likeness (QED) is 0.222. The Bertz CT molecular complexity index is 1880. The molecule has 2 heteroatoms. The highest BCUT2D eigenvalue weighted by molar-refractivity contribution is 6.20. The van der Waals surface area contributed by atoms with Crippen molar-refractivity contribution in [3.63, 3.8) is 0 Å². The predicted molar refractivity (Wildman–Crippen MR) is 168 cm³/mol. The maximum absolute atomic E-state index is 6.53. The fourth-order valence-corrected chi connectivity index (χ4v) is 6.42. The summed E-state index contributed by atoms with van der Waals surface area (Å²) in [5, 5.41) is 2.28. The monoisotopic (exact) mass is 519 g/mol. The fourth-order valence-electron chi connectivity index (χ4n) is 6.42. The predicted octanol–water partition coefficient (Wildman–Crippen LogP) is 10.8. The molecular formula is C38H33NO. The van der Waals surface area contributed by atoms with E-state index >= 15 is 0 Å². The standard InChI is InChI=1S/C38H33NO/c1-23(2)31-21-26(25-13-6-5-7-14-25)22-32(24(3)4)35(31)36-29-16-8-10-19-33(29)39-37(36)30-18-12-17-28-27-15-9-11-20-34(27)40-38(28)30/h5-24,36H,1-4H3. The lowest BCUT2D eigenvalue weighted by Gasteiger charge is -2.27. The number of aliphatic imine (C=N–C) groups is 1. The van der Waals surface area contributed by atoms with Gasteiger partial charge >= 0.3 is 0 Å². The van der Waals surface area contributed by atoms with Crippen LogP contribution in [0.25, 0.3) is 33.1 Å². The summed E-state index contributed by atoms with van der Waals surface area (Å²) < 4.78 is 6.53. The molecule has 2 heterocycles. The average molecular weight is 520 g/mol. The zero-order valence-electron chi connectivity index (χ0n) is 23.5. The van der Waals surface area contributed by atoms with Gasteiger partial charge in [-0.05, 0) is 63.4 Å². The third kappa shape index (κ3) is 3.90. The minimum atomic E-state index is 0.0228. The van der Waals surface area contributed by atoms with Gasteiger partial charge in [-0.1, -0.05) is 119 Å². The zero-order valence-corrected chi connectivity index (χ0v) is 23.5. The number of para-hydroxylation sites is 3. The zero-order chi connectivity index (χ0) is 27.4. The molecular weight excluding hydrogens is 486 g/mol. The van der Waals surface area contributed by atoms with E-state index in [0.717, 1.165) is 38.9 Å². The number of fused-ring (bicyclic) bond motifs is 4. The third-order valence-electron chi connectivity index (χ3n) is 8.33. The second-order valence-corrected chi connectivity index (χ2v) is 11.5. The number of benzene rings is 5. The molecule has 0 amide bonds. The average Bonchev–Trinajstić information content (AvgIpc) is 3.55. The summed E-state index contributed by atoms with van der Waals surface area (Å²) in [6.07, 6.45) is 0. The van der Waals surface area contributed by atoms with E-state index in [0.29, 0.717) is 11.8 Å². The van der Waals surface area contributed by atoms with Crippen molar-refractivity contribution in [3.8, 4) is 11.1 Å². The summed E-state index contributed by atoms with van der Waals surface area (Å²) >= 11 is 0. The van der Waals surface area contributed by atoms with Gasteiger partial charge in [-0.15, -0.1) is 0 Å². The Kier molecular flexibility index (Phi) is 5.93. The highest BCUT2D eigenvalue weighted by Gasteiger charge is 2.35. The first-order valence-electron chi connectivity index (χ1n) is 14.3. The van der Waals surface area contributed by atoms with Crippen molar-refractivity contribution >= 4 is 33.3 Å². The lowest BCUT2D eigenvalue weighted by Crippen LogP contribution is -2.17.